The van der Waals surface area contributed by atoms with Gasteiger partial charge < -0.3 is 20.6 Å². The van der Waals surface area contributed by atoms with Gasteiger partial charge in [0.05, 0.1) is 5.69 Å². The number of pyridine rings is 1. The molecule has 0 radical (unpaired) electrons. The third kappa shape index (κ3) is 6.93. The number of nitrogens with zero attached hydrogens (tertiary/aromatic N) is 5. The summed E-state index contributed by atoms with van der Waals surface area (Å²) in [4.78, 5) is 56.1. The van der Waals surface area contributed by atoms with Crippen LogP contribution in [0.3, 0.4) is 0 Å². The highest BCUT2D eigenvalue weighted by Crippen LogP contribution is 2.42. The normalized spacial score (nSPS) is 17.8. The Morgan fingerprint density at radius 1 is 1.06 bits per heavy atom. The number of hydrogen-bond acceptors (Lipinski definition) is 12. The van der Waals surface area contributed by atoms with Crippen molar-refractivity contribution in [3.63, 3.8) is 0 Å². The molecule has 47 heavy (non-hydrogen) atoms. The number of anilines is 1. The molecule has 14 heteroatoms. The summed E-state index contributed by atoms with van der Waals surface area (Å²) < 4.78 is 10.3. The number of rotatable bonds is 11. The van der Waals surface area contributed by atoms with Crippen LogP contribution in [0.5, 0.6) is 0 Å². The van der Waals surface area contributed by atoms with E-state index in [1.807, 2.05) is 78.9 Å². The second kappa shape index (κ2) is 14.4. The van der Waals surface area contributed by atoms with E-state index in [1.54, 1.807) is 25.3 Å². The highest BCUT2D eigenvalue weighted by atomic mass is 32.2. The minimum Gasteiger partial charge on any atom is -0.448 e. The summed E-state index contributed by atoms with van der Waals surface area (Å²) in [5, 5.41) is 6.15. The largest absolute Gasteiger partial charge is 0.448 e. The summed E-state index contributed by atoms with van der Waals surface area (Å²) in [6.07, 6.45) is 4.49. The molecule has 0 saturated carbocycles. The van der Waals surface area contributed by atoms with E-state index in [-0.39, 0.29) is 29.0 Å². The molecule has 2 aliphatic rings. The number of thioether (sulfide) groups is 1. The average molecular weight is 668 g/mol. The number of β-lactam (4-membered cyclic amide) rings is 1. The SMILES string of the molecule is CCO/N=C(/C(=O)NC1C(=O)N2C(C(=O)OC(c3ccccc3)c3ccccc3)=C(/C=C/c3ccccn3)CSC12)c1nsc(N)n1. The Morgan fingerprint density at radius 3 is 2.38 bits per heavy atom. The zero-order valence-electron chi connectivity index (χ0n) is 25.1. The molecule has 1 fully saturated rings. The molecule has 238 valence electrons. The van der Waals surface area contributed by atoms with E-state index in [0.717, 1.165) is 22.7 Å². The van der Waals surface area contributed by atoms with Gasteiger partial charge in [-0.05, 0) is 41.8 Å². The second-order valence-electron chi connectivity index (χ2n) is 10.2. The number of allylic oxidation sites excluding steroid dienone is 1. The Kier molecular flexibility index (Phi) is 9.69. The van der Waals surface area contributed by atoms with Crippen molar-refractivity contribution in [2.75, 3.05) is 18.1 Å². The smallest absolute Gasteiger partial charge is 0.356 e. The predicted molar refractivity (Wildman–Crippen MR) is 179 cm³/mol. The number of carbonyl (C=O) groups excluding carboxylic acids is 3. The minimum atomic E-state index is -0.960. The molecular formula is C33H29N7O5S2. The fraction of sp³-hybridized carbons (Fsp3) is 0.182. The number of ether oxygens (including phenoxy) is 1. The maximum Gasteiger partial charge on any atom is 0.356 e. The molecule has 2 amide bonds. The number of fused-ring (bicyclic) bond motifs is 1. The van der Waals surface area contributed by atoms with Gasteiger partial charge in [0.2, 0.25) is 11.5 Å². The van der Waals surface area contributed by atoms with Gasteiger partial charge in [-0.25, -0.2) is 4.79 Å². The van der Waals surface area contributed by atoms with E-state index >= 15 is 0 Å². The minimum absolute atomic E-state index is 0.0163. The van der Waals surface area contributed by atoms with Crippen molar-refractivity contribution in [3.05, 3.63) is 125 Å². The lowest BCUT2D eigenvalue weighted by molar-refractivity contribution is -0.154. The van der Waals surface area contributed by atoms with Crippen molar-refractivity contribution < 1.29 is 24.0 Å². The van der Waals surface area contributed by atoms with Crippen LogP contribution in [-0.4, -0.2) is 66.5 Å². The summed E-state index contributed by atoms with van der Waals surface area (Å²) in [5.41, 5.74) is 8.42. The first-order valence-corrected chi connectivity index (χ1v) is 16.4. The van der Waals surface area contributed by atoms with E-state index in [9.17, 15) is 14.4 Å². The first-order valence-electron chi connectivity index (χ1n) is 14.6. The van der Waals surface area contributed by atoms with E-state index in [1.165, 1.54) is 16.7 Å². The van der Waals surface area contributed by atoms with Crippen LogP contribution in [-0.2, 0) is 24.0 Å². The molecule has 2 aliphatic heterocycles. The molecule has 0 aliphatic carbocycles. The number of aromatic nitrogens is 3. The van der Waals surface area contributed by atoms with Gasteiger partial charge in [0, 0.05) is 23.5 Å². The van der Waals surface area contributed by atoms with Gasteiger partial charge in [0.15, 0.2) is 11.2 Å². The highest BCUT2D eigenvalue weighted by Gasteiger charge is 2.54. The maximum absolute atomic E-state index is 14.2. The molecule has 2 aromatic heterocycles. The van der Waals surface area contributed by atoms with Crippen LogP contribution in [0.15, 0.2) is 108 Å². The van der Waals surface area contributed by atoms with Gasteiger partial charge in [-0.1, -0.05) is 78.0 Å². The van der Waals surface area contributed by atoms with Crippen LogP contribution in [0.1, 0.15) is 35.7 Å². The second-order valence-corrected chi connectivity index (χ2v) is 12.1. The molecule has 3 N–H and O–H groups in total. The van der Waals surface area contributed by atoms with Crippen LogP contribution in [0.2, 0.25) is 0 Å². The topological polar surface area (TPSA) is 162 Å². The first kappa shape index (κ1) is 31.6. The van der Waals surface area contributed by atoms with Crippen LogP contribution in [0, 0.1) is 0 Å². The number of benzene rings is 2. The summed E-state index contributed by atoms with van der Waals surface area (Å²) in [7, 11) is 0. The molecule has 6 rings (SSSR count). The van der Waals surface area contributed by atoms with Gasteiger partial charge in [0.1, 0.15) is 23.7 Å². The lowest BCUT2D eigenvalue weighted by Gasteiger charge is -2.49. The molecule has 2 atom stereocenters. The van der Waals surface area contributed by atoms with Gasteiger partial charge >= 0.3 is 5.97 Å². The number of amides is 2. The van der Waals surface area contributed by atoms with Crippen LogP contribution in [0.4, 0.5) is 5.13 Å². The Hall–Kier alpha value is -5.34. The molecule has 4 heterocycles. The van der Waals surface area contributed by atoms with Gasteiger partial charge in [-0.3, -0.25) is 19.5 Å². The van der Waals surface area contributed by atoms with Crippen LogP contribution >= 0.6 is 23.3 Å². The van der Waals surface area contributed by atoms with Crippen molar-refractivity contribution in [1.29, 1.82) is 0 Å². The number of hydrogen-bond donors (Lipinski definition) is 2. The number of nitrogens with one attached hydrogen (secondary N) is 1. The van der Waals surface area contributed by atoms with Crippen molar-refractivity contribution in [2.24, 2.45) is 5.16 Å². The number of nitrogen functional groups attached to an aromatic ring is 1. The molecular weight excluding hydrogens is 639 g/mol. The Bertz CT molecular complexity index is 1810. The van der Waals surface area contributed by atoms with E-state index in [0.29, 0.717) is 17.0 Å². The fourth-order valence-electron chi connectivity index (χ4n) is 5.02. The molecule has 1 saturated heterocycles. The molecule has 0 spiro atoms. The number of esters is 1. The standard InChI is InChI=1S/C33H29N7O5S2/c1-2-44-38-24(28-37-33(34)47-39-28)29(41)36-25-30(42)40-26(22(19-46-31(25)40)16-17-23-15-9-10-18-35-23)32(43)45-27(20-11-5-3-6-12-20)21-13-7-4-8-14-21/h3-18,25,27,31H,2,19H2,1H3,(H,36,41)(H2,34,37,39)/b17-16+,38-24+. The zero-order chi connectivity index (χ0) is 32.8. The maximum atomic E-state index is 14.2. The predicted octanol–water partition coefficient (Wildman–Crippen LogP) is 3.96. The van der Waals surface area contributed by atoms with Crippen molar-refractivity contribution >= 4 is 58.0 Å². The van der Waals surface area contributed by atoms with Gasteiger partial charge in [-0.2, -0.15) is 9.36 Å². The first-order chi connectivity index (χ1) is 22.9. The third-order valence-electron chi connectivity index (χ3n) is 7.20. The third-order valence-corrected chi connectivity index (χ3v) is 9.05. The van der Waals surface area contributed by atoms with Crippen molar-refractivity contribution in [1.82, 2.24) is 24.6 Å². The molecule has 0 bridgehead atoms. The monoisotopic (exact) mass is 667 g/mol. The summed E-state index contributed by atoms with van der Waals surface area (Å²) >= 11 is 2.31. The fourth-order valence-corrected chi connectivity index (χ4v) is 6.77. The number of carbonyl (C=O) groups is 3. The lowest BCUT2D eigenvalue weighted by Crippen LogP contribution is -2.71. The Balaban J connectivity index is 1.30. The highest BCUT2D eigenvalue weighted by molar-refractivity contribution is 8.00. The zero-order valence-corrected chi connectivity index (χ0v) is 26.7. The lowest BCUT2D eigenvalue weighted by atomic mass is 10.00. The summed E-state index contributed by atoms with van der Waals surface area (Å²) in [6.45, 7) is 1.91. The molecule has 2 aromatic carbocycles. The van der Waals surface area contributed by atoms with Crippen molar-refractivity contribution in [2.45, 2.75) is 24.4 Å². The quantitative estimate of drug-likeness (QED) is 0.104. The summed E-state index contributed by atoms with van der Waals surface area (Å²) in [6, 6.07) is 23.3. The Morgan fingerprint density at radius 2 is 1.77 bits per heavy atom. The van der Waals surface area contributed by atoms with Gasteiger partial charge in [0.25, 0.3) is 11.8 Å². The van der Waals surface area contributed by atoms with E-state index < -0.39 is 35.3 Å². The number of oxime groups is 1. The van der Waals surface area contributed by atoms with Crippen molar-refractivity contribution in [3.8, 4) is 0 Å². The number of nitrogens with two attached hydrogens (primary N) is 1. The molecule has 2 unspecified atom stereocenters. The van der Waals surface area contributed by atoms with Crippen LogP contribution < -0.4 is 11.1 Å². The van der Waals surface area contributed by atoms with E-state index in [4.69, 9.17) is 15.3 Å². The Labute approximate surface area is 278 Å². The van der Waals surface area contributed by atoms with Gasteiger partial charge in [-0.15, -0.1) is 11.8 Å². The molecule has 12 nitrogen and oxygen atoms in total. The average Bonchev–Trinajstić information content (AvgIpc) is 3.54. The van der Waals surface area contributed by atoms with E-state index in [2.05, 4.69) is 24.8 Å². The van der Waals surface area contributed by atoms with Crippen LogP contribution in [0.25, 0.3) is 6.08 Å². The molecule has 4 aromatic rings. The summed E-state index contributed by atoms with van der Waals surface area (Å²) in [5.74, 6) is -1.52.